The van der Waals surface area contributed by atoms with Gasteiger partial charge in [-0.05, 0) is 12.8 Å². The molecule has 1 fully saturated rings. The molecule has 1 heterocycles. The number of hydrogen-bond acceptors (Lipinski definition) is 2. The van der Waals surface area contributed by atoms with Crippen molar-refractivity contribution in [3.05, 3.63) is 0 Å². The van der Waals surface area contributed by atoms with Gasteiger partial charge in [-0.15, -0.1) is 0 Å². The quantitative estimate of drug-likeness (QED) is 0.478. The second kappa shape index (κ2) is 2.16. The minimum atomic E-state index is -2.09. The van der Waals surface area contributed by atoms with Crippen LogP contribution in [0.15, 0.2) is 0 Å². The molecule has 2 heteroatoms. The Morgan fingerprint density at radius 3 is 3.12 bits per heavy atom. The van der Waals surface area contributed by atoms with E-state index in [1.807, 2.05) is 0 Å². The maximum atomic E-state index is 10.8. The van der Waals surface area contributed by atoms with E-state index in [-0.39, 0.29) is 0 Å². The molecule has 0 radical (unpaired) electrons. The molecule has 0 aromatic heterocycles. The smallest absolute Gasteiger partial charge is 0.309 e. The van der Waals surface area contributed by atoms with Gasteiger partial charge < -0.3 is 4.74 Å². The van der Waals surface area contributed by atoms with E-state index in [2.05, 4.69) is 4.74 Å². The van der Waals surface area contributed by atoms with Crippen LogP contribution < -0.4 is 0 Å². The van der Waals surface area contributed by atoms with Crippen LogP contribution in [0.1, 0.15) is 23.9 Å². The second-order valence-electron chi connectivity index (χ2n) is 1.72. The Hall–Kier alpha value is -0.530. The van der Waals surface area contributed by atoms with Crippen LogP contribution in [0.3, 0.4) is 0 Å². The number of rotatable bonds is 1. The predicted octanol–water partition coefficient (Wildman–Crippen LogP) is 0.960. The van der Waals surface area contributed by atoms with Gasteiger partial charge >= 0.3 is 5.97 Å². The van der Waals surface area contributed by atoms with Crippen LogP contribution in [0.25, 0.3) is 0 Å². The third-order valence-electron chi connectivity index (χ3n) is 1.17. The molecular weight excluding hydrogens is 104 g/mol. The van der Waals surface area contributed by atoms with Gasteiger partial charge in [-0.2, -0.15) is 0 Å². The van der Waals surface area contributed by atoms with Gasteiger partial charge in [-0.1, -0.05) is 6.92 Å². The van der Waals surface area contributed by atoms with Crippen LogP contribution in [0, 0.1) is 5.92 Å². The Kier molecular flexibility index (Phi) is 0.770. The van der Waals surface area contributed by atoms with Gasteiger partial charge in [0.25, 0.3) is 0 Å². The van der Waals surface area contributed by atoms with E-state index in [0.717, 1.165) is 0 Å². The van der Waals surface area contributed by atoms with Crippen molar-refractivity contribution < 1.29 is 13.6 Å². The first-order valence-electron chi connectivity index (χ1n) is 4.22. The van der Waals surface area contributed by atoms with Crippen molar-refractivity contribution in [2.75, 3.05) is 6.56 Å². The minimum Gasteiger partial charge on any atom is -0.465 e. The van der Waals surface area contributed by atoms with Crippen molar-refractivity contribution in [1.29, 1.82) is 0 Å². The number of hydrogen-bond donors (Lipinski definition) is 0. The highest BCUT2D eigenvalue weighted by Crippen LogP contribution is 2.16. The van der Waals surface area contributed by atoms with Crippen molar-refractivity contribution in [3.63, 3.8) is 0 Å². The van der Waals surface area contributed by atoms with E-state index >= 15 is 0 Å². The average Bonchev–Trinajstić information content (AvgIpc) is 2.04. The zero-order valence-corrected chi connectivity index (χ0v) is 4.68. The second-order valence-corrected chi connectivity index (χ2v) is 1.72. The zero-order valence-electron chi connectivity index (χ0n) is 7.68. The molecule has 0 amide bonds. The first kappa shape index (κ1) is 2.85. The van der Waals surface area contributed by atoms with Crippen LogP contribution >= 0.6 is 0 Å². The van der Waals surface area contributed by atoms with Crippen molar-refractivity contribution in [2.45, 2.75) is 19.7 Å². The number of esters is 1. The lowest BCUT2D eigenvalue weighted by Crippen LogP contribution is -2.04. The van der Waals surface area contributed by atoms with Gasteiger partial charge in [0.1, 0.15) is 0 Å². The fourth-order valence-corrected chi connectivity index (χ4v) is 0.602. The van der Waals surface area contributed by atoms with E-state index in [1.54, 1.807) is 6.92 Å². The van der Waals surface area contributed by atoms with Gasteiger partial charge in [0.05, 0.1) is 15.2 Å². The van der Waals surface area contributed by atoms with E-state index < -0.39 is 24.8 Å². The molecule has 2 nitrogen and oxygen atoms in total. The van der Waals surface area contributed by atoms with Crippen molar-refractivity contribution in [1.82, 2.24) is 0 Å². The number of carbonyl (C=O) groups excluding carboxylic acids is 1. The minimum absolute atomic E-state index is 0.465. The summed E-state index contributed by atoms with van der Waals surface area (Å²) in [5.74, 6) is -1.18. The first-order valence-corrected chi connectivity index (χ1v) is 2.64. The SMILES string of the molecule is [2H][C@H]1[C@H](CC)C(=O)OC1([2H])[2H]. The van der Waals surface area contributed by atoms with Crippen molar-refractivity contribution in [2.24, 2.45) is 5.92 Å². The molecule has 0 aromatic carbocycles. The monoisotopic (exact) mass is 117 g/mol. The molecule has 0 bridgehead atoms. The summed E-state index contributed by atoms with van der Waals surface area (Å²) < 4.78 is 25.9. The third-order valence-corrected chi connectivity index (χ3v) is 1.17. The van der Waals surface area contributed by atoms with E-state index in [9.17, 15) is 4.79 Å². The summed E-state index contributed by atoms with van der Waals surface area (Å²) in [4.78, 5) is 10.8. The third kappa shape index (κ3) is 0.831. The predicted molar refractivity (Wildman–Crippen MR) is 29.4 cm³/mol. The highest BCUT2D eigenvalue weighted by molar-refractivity contribution is 5.73. The van der Waals surface area contributed by atoms with Gasteiger partial charge in [0.15, 0.2) is 0 Å². The Balaban J connectivity index is 2.79. The molecule has 46 valence electrons. The summed E-state index contributed by atoms with van der Waals surface area (Å²) in [6.45, 7) is -0.341. The van der Waals surface area contributed by atoms with Gasteiger partial charge in [0.2, 0.25) is 0 Å². The summed E-state index contributed by atoms with van der Waals surface area (Å²) in [6, 6.07) is 0. The van der Waals surface area contributed by atoms with Crippen LogP contribution in [0.4, 0.5) is 0 Å². The number of ether oxygens (including phenoxy) is 1. The summed E-state index contributed by atoms with van der Waals surface area (Å²) >= 11 is 0. The largest absolute Gasteiger partial charge is 0.465 e. The van der Waals surface area contributed by atoms with Crippen LogP contribution in [0.2, 0.25) is 0 Å². The molecule has 1 aliphatic rings. The summed E-state index contributed by atoms with van der Waals surface area (Å²) in [5, 5.41) is 0. The molecule has 0 N–H and O–H groups in total. The topological polar surface area (TPSA) is 26.3 Å². The summed E-state index contributed by atoms with van der Waals surface area (Å²) in [6.07, 6.45) is -0.605. The summed E-state index contributed by atoms with van der Waals surface area (Å²) in [5.41, 5.74) is 0. The molecule has 8 heavy (non-hydrogen) atoms. The molecule has 1 saturated heterocycles. The zero-order chi connectivity index (χ0) is 8.65. The molecule has 0 saturated carbocycles. The summed E-state index contributed by atoms with van der Waals surface area (Å²) in [7, 11) is 0. The first-order chi connectivity index (χ1) is 4.99. The maximum Gasteiger partial charge on any atom is 0.309 e. The lowest BCUT2D eigenvalue weighted by Gasteiger charge is -1.95. The average molecular weight is 117 g/mol. The lowest BCUT2D eigenvalue weighted by molar-refractivity contribution is -0.141. The van der Waals surface area contributed by atoms with Gasteiger partial charge in [0, 0.05) is 1.37 Å². The van der Waals surface area contributed by atoms with Crippen LogP contribution in [-0.2, 0) is 9.53 Å². The van der Waals surface area contributed by atoms with Gasteiger partial charge in [-0.3, -0.25) is 4.79 Å². The molecule has 2 atom stereocenters. The van der Waals surface area contributed by atoms with E-state index in [4.69, 9.17) is 4.11 Å². The fourth-order valence-electron chi connectivity index (χ4n) is 0.602. The number of cyclic esters (lactones) is 1. The highest BCUT2D eigenvalue weighted by atomic mass is 16.5. The Morgan fingerprint density at radius 1 is 2.12 bits per heavy atom. The van der Waals surface area contributed by atoms with Gasteiger partial charge in [-0.25, -0.2) is 0 Å². The molecular formula is C6H10O2. The van der Waals surface area contributed by atoms with Crippen LogP contribution in [-0.4, -0.2) is 12.5 Å². The maximum absolute atomic E-state index is 10.8. The molecule has 0 unspecified atom stereocenters. The molecule has 0 aromatic rings. The van der Waals surface area contributed by atoms with Crippen LogP contribution in [0.5, 0.6) is 0 Å². The lowest BCUT2D eigenvalue weighted by atomic mass is 10.1. The van der Waals surface area contributed by atoms with E-state index in [0.29, 0.717) is 6.42 Å². The molecule has 0 spiro atoms. The molecule has 1 rings (SSSR count). The molecule has 0 aliphatic carbocycles. The van der Waals surface area contributed by atoms with Crippen molar-refractivity contribution >= 4 is 5.97 Å². The Labute approximate surface area is 53.0 Å². The Bertz CT molecular complexity index is 181. The molecule has 1 aliphatic heterocycles. The number of carbonyl (C=O) groups is 1. The standard InChI is InChI=1S/C6H10O2/c1-2-5-3-4-8-6(5)7/h5H,2-4H2,1H3/t5-/m0/s1/i3D,4D2/t3-,5+/m1. The fraction of sp³-hybridized carbons (Fsp3) is 0.833. The Morgan fingerprint density at radius 2 is 2.88 bits per heavy atom. The normalized spacial score (nSPS) is 49.1. The highest BCUT2D eigenvalue weighted by Gasteiger charge is 2.23. The van der Waals surface area contributed by atoms with E-state index in [1.165, 1.54) is 0 Å². The van der Waals surface area contributed by atoms with Crippen molar-refractivity contribution in [3.8, 4) is 0 Å².